The summed E-state index contributed by atoms with van der Waals surface area (Å²) in [4.78, 5) is 15.3. The summed E-state index contributed by atoms with van der Waals surface area (Å²) >= 11 is 0. The monoisotopic (exact) mass is 253 g/mol. The average molecular weight is 253 g/mol. The molecule has 0 saturated heterocycles. The van der Waals surface area contributed by atoms with Crippen molar-refractivity contribution in [3.63, 3.8) is 0 Å². The van der Waals surface area contributed by atoms with Gasteiger partial charge in [0.1, 0.15) is 6.61 Å². The first-order valence-electron chi connectivity index (χ1n) is 5.88. The molecule has 5 heteroatoms. The highest BCUT2D eigenvalue weighted by Crippen LogP contribution is 2.10. The fourth-order valence-electron chi connectivity index (χ4n) is 1.26. The van der Waals surface area contributed by atoms with Gasteiger partial charge in [-0.15, -0.1) is 0 Å². The highest BCUT2D eigenvalue weighted by Gasteiger charge is 2.06. The molecular formula is C13H19NO4. The lowest BCUT2D eigenvalue weighted by atomic mass is 10.2. The van der Waals surface area contributed by atoms with Gasteiger partial charge in [0.05, 0.1) is 19.3 Å². The number of aromatic nitrogens is 1. The van der Waals surface area contributed by atoms with Crippen LogP contribution >= 0.6 is 0 Å². The Balaban J connectivity index is 2.36. The lowest BCUT2D eigenvalue weighted by Gasteiger charge is -2.08. The molecule has 0 spiro atoms. The second-order valence-electron chi connectivity index (χ2n) is 4.19. The van der Waals surface area contributed by atoms with Crippen molar-refractivity contribution in [1.29, 1.82) is 0 Å². The Labute approximate surface area is 107 Å². The van der Waals surface area contributed by atoms with Crippen LogP contribution in [0.25, 0.3) is 0 Å². The van der Waals surface area contributed by atoms with Gasteiger partial charge in [0.2, 0.25) is 5.88 Å². The number of methoxy groups -OCH3 is 1. The molecule has 0 unspecified atom stereocenters. The van der Waals surface area contributed by atoms with Crippen LogP contribution in [0.2, 0.25) is 0 Å². The normalized spacial score (nSPS) is 10.4. The summed E-state index contributed by atoms with van der Waals surface area (Å²) in [5.74, 6) is 0.495. The molecule has 18 heavy (non-hydrogen) atoms. The van der Waals surface area contributed by atoms with Crippen molar-refractivity contribution >= 4 is 5.97 Å². The number of rotatable bonds is 7. The van der Waals surface area contributed by atoms with E-state index in [4.69, 9.17) is 9.47 Å². The Bertz CT molecular complexity index is 379. The molecule has 100 valence electrons. The van der Waals surface area contributed by atoms with Crippen molar-refractivity contribution in [2.45, 2.75) is 13.8 Å². The van der Waals surface area contributed by atoms with Gasteiger partial charge in [-0.3, -0.25) is 0 Å². The van der Waals surface area contributed by atoms with Crippen molar-refractivity contribution in [2.75, 3.05) is 26.9 Å². The molecule has 1 aromatic rings. The van der Waals surface area contributed by atoms with E-state index in [-0.39, 0.29) is 0 Å². The third kappa shape index (κ3) is 5.14. The molecule has 0 saturated carbocycles. The molecule has 0 atom stereocenters. The number of pyridine rings is 1. The average Bonchev–Trinajstić information content (AvgIpc) is 2.37. The maximum Gasteiger partial charge on any atom is 0.338 e. The van der Waals surface area contributed by atoms with Crippen molar-refractivity contribution in [1.82, 2.24) is 4.98 Å². The van der Waals surface area contributed by atoms with Crippen LogP contribution in [-0.2, 0) is 9.47 Å². The standard InChI is InChI=1S/C13H19NO4/c1-10(2)9-17-6-7-18-12-8-11(4-5-14-12)13(15)16-3/h4-5,8,10H,6-7,9H2,1-3H3. The Morgan fingerprint density at radius 3 is 2.83 bits per heavy atom. The van der Waals surface area contributed by atoms with E-state index < -0.39 is 5.97 Å². The number of hydrogen-bond donors (Lipinski definition) is 0. The van der Waals surface area contributed by atoms with E-state index in [0.29, 0.717) is 37.2 Å². The Morgan fingerprint density at radius 2 is 2.17 bits per heavy atom. The van der Waals surface area contributed by atoms with Crippen molar-refractivity contribution in [2.24, 2.45) is 5.92 Å². The van der Waals surface area contributed by atoms with Gasteiger partial charge in [-0.2, -0.15) is 0 Å². The molecular weight excluding hydrogens is 234 g/mol. The fraction of sp³-hybridized carbons (Fsp3) is 0.538. The predicted octanol–water partition coefficient (Wildman–Crippen LogP) is 1.92. The molecule has 0 N–H and O–H groups in total. The molecule has 0 amide bonds. The van der Waals surface area contributed by atoms with Crippen molar-refractivity contribution in [3.8, 4) is 5.88 Å². The zero-order valence-corrected chi connectivity index (χ0v) is 11.0. The number of carbonyl (C=O) groups excluding carboxylic acids is 1. The van der Waals surface area contributed by atoms with Crippen LogP contribution in [0.5, 0.6) is 5.88 Å². The van der Waals surface area contributed by atoms with Crippen molar-refractivity contribution < 1.29 is 19.0 Å². The van der Waals surface area contributed by atoms with E-state index in [1.807, 2.05) is 0 Å². The molecule has 0 aliphatic heterocycles. The van der Waals surface area contributed by atoms with Gasteiger partial charge in [-0.25, -0.2) is 9.78 Å². The summed E-state index contributed by atoms with van der Waals surface area (Å²) in [6.45, 7) is 5.79. The molecule has 0 aliphatic carbocycles. The summed E-state index contributed by atoms with van der Waals surface area (Å²) in [7, 11) is 1.34. The number of hydrogen-bond acceptors (Lipinski definition) is 5. The van der Waals surface area contributed by atoms with Gasteiger partial charge in [0.25, 0.3) is 0 Å². The molecule has 0 aliphatic rings. The predicted molar refractivity (Wildman–Crippen MR) is 66.7 cm³/mol. The topological polar surface area (TPSA) is 57.7 Å². The molecule has 0 bridgehead atoms. The molecule has 1 rings (SSSR count). The number of nitrogens with zero attached hydrogens (tertiary/aromatic N) is 1. The van der Waals surface area contributed by atoms with E-state index in [2.05, 4.69) is 23.6 Å². The Kier molecular flexibility index (Phi) is 6.14. The van der Waals surface area contributed by atoms with Crippen LogP contribution in [0.3, 0.4) is 0 Å². The summed E-state index contributed by atoms with van der Waals surface area (Å²) in [5.41, 5.74) is 0.422. The van der Waals surface area contributed by atoms with Crippen LogP contribution in [0.1, 0.15) is 24.2 Å². The van der Waals surface area contributed by atoms with E-state index in [0.717, 1.165) is 0 Å². The van der Waals surface area contributed by atoms with Gasteiger partial charge in [0.15, 0.2) is 0 Å². The molecule has 1 heterocycles. The lowest BCUT2D eigenvalue weighted by Crippen LogP contribution is -2.11. The third-order valence-electron chi connectivity index (χ3n) is 2.08. The summed E-state index contributed by atoms with van der Waals surface area (Å²) < 4.78 is 15.4. The minimum Gasteiger partial charge on any atom is -0.475 e. The van der Waals surface area contributed by atoms with Crippen LogP contribution < -0.4 is 4.74 Å². The zero-order chi connectivity index (χ0) is 13.4. The lowest BCUT2D eigenvalue weighted by molar-refractivity contribution is 0.0599. The number of esters is 1. The first-order chi connectivity index (χ1) is 8.63. The largest absolute Gasteiger partial charge is 0.475 e. The van der Waals surface area contributed by atoms with Crippen LogP contribution in [-0.4, -0.2) is 37.9 Å². The third-order valence-corrected chi connectivity index (χ3v) is 2.08. The molecule has 5 nitrogen and oxygen atoms in total. The van der Waals surface area contributed by atoms with Gasteiger partial charge in [-0.1, -0.05) is 13.8 Å². The first-order valence-corrected chi connectivity index (χ1v) is 5.88. The Hall–Kier alpha value is -1.62. The maximum atomic E-state index is 11.3. The summed E-state index contributed by atoms with van der Waals surface area (Å²) in [5, 5.41) is 0. The smallest absolute Gasteiger partial charge is 0.338 e. The molecule has 0 aromatic carbocycles. The van der Waals surface area contributed by atoms with Crippen LogP contribution in [0, 0.1) is 5.92 Å². The minimum atomic E-state index is -0.404. The highest BCUT2D eigenvalue weighted by atomic mass is 16.5. The van der Waals surface area contributed by atoms with Crippen LogP contribution in [0.4, 0.5) is 0 Å². The Morgan fingerprint density at radius 1 is 1.39 bits per heavy atom. The van der Waals surface area contributed by atoms with E-state index in [1.165, 1.54) is 13.3 Å². The number of carbonyl (C=O) groups is 1. The zero-order valence-electron chi connectivity index (χ0n) is 11.0. The molecule has 0 fully saturated rings. The van der Waals surface area contributed by atoms with E-state index in [9.17, 15) is 4.79 Å². The summed E-state index contributed by atoms with van der Waals surface area (Å²) in [6, 6.07) is 3.13. The molecule has 0 radical (unpaired) electrons. The van der Waals surface area contributed by atoms with Gasteiger partial charge in [0, 0.05) is 18.9 Å². The highest BCUT2D eigenvalue weighted by molar-refractivity contribution is 5.89. The number of ether oxygens (including phenoxy) is 3. The SMILES string of the molecule is COC(=O)c1ccnc(OCCOCC(C)C)c1. The van der Waals surface area contributed by atoms with Crippen LogP contribution in [0.15, 0.2) is 18.3 Å². The minimum absolute atomic E-state index is 0.394. The maximum absolute atomic E-state index is 11.3. The summed E-state index contributed by atoms with van der Waals surface area (Å²) in [6.07, 6.45) is 1.51. The molecule has 1 aromatic heterocycles. The van der Waals surface area contributed by atoms with E-state index >= 15 is 0 Å². The first kappa shape index (κ1) is 14.4. The second kappa shape index (κ2) is 7.66. The van der Waals surface area contributed by atoms with Crippen molar-refractivity contribution in [3.05, 3.63) is 23.9 Å². The second-order valence-corrected chi connectivity index (χ2v) is 4.19. The van der Waals surface area contributed by atoms with Gasteiger partial charge >= 0.3 is 5.97 Å². The van der Waals surface area contributed by atoms with Gasteiger partial charge in [-0.05, 0) is 12.0 Å². The van der Waals surface area contributed by atoms with E-state index in [1.54, 1.807) is 12.1 Å². The quantitative estimate of drug-likeness (QED) is 0.549. The fourth-order valence-corrected chi connectivity index (χ4v) is 1.26. The van der Waals surface area contributed by atoms with Gasteiger partial charge < -0.3 is 14.2 Å².